The number of carbonyl (C=O) groups is 2. The van der Waals surface area contributed by atoms with Gasteiger partial charge in [0, 0.05) is 10.9 Å². The van der Waals surface area contributed by atoms with Crippen LogP contribution in [0.15, 0.2) is 54.7 Å². The zero-order valence-corrected chi connectivity index (χ0v) is 21.4. The van der Waals surface area contributed by atoms with Gasteiger partial charge in [0.1, 0.15) is 22.9 Å². The molecule has 0 fully saturated rings. The van der Waals surface area contributed by atoms with E-state index in [4.69, 9.17) is 4.74 Å². The lowest BCUT2D eigenvalue weighted by Gasteiger charge is -2.19. The lowest BCUT2D eigenvalue weighted by atomic mass is 9.87. The van der Waals surface area contributed by atoms with Gasteiger partial charge in [0.15, 0.2) is 11.6 Å². The second-order valence-corrected chi connectivity index (χ2v) is 9.64. The number of amides is 2. The molecule has 0 saturated heterocycles. The monoisotopic (exact) mass is 496 g/mol. The number of methoxy groups -OCH3 is 1. The third kappa shape index (κ3) is 5.28. The number of rotatable bonds is 6. The molecular weight excluding hydrogens is 468 g/mol. The Hall–Kier alpha value is -4.71. The zero-order chi connectivity index (χ0) is 26.7. The Morgan fingerprint density at radius 2 is 1.86 bits per heavy atom. The van der Waals surface area contributed by atoms with Crippen LogP contribution in [0, 0.1) is 18.3 Å². The van der Waals surface area contributed by atoms with E-state index < -0.39 is 5.91 Å². The van der Waals surface area contributed by atoms with E-state index in [0.717, 1.165) is 16.5 Å². The van der Waals surface area contributed by atoms with E-state index in [1.54, 1.807) is 19.2 Å². The van der Waals surface area contributed by atoms with Gasteiger partial charge in [0.05, 0.1) is 19.9 Å². The van der Waals surface area contributed by atoms with Crippen LogP contribution in [-0.4, -0.2) is 40.2 Å². The molecule has 2 heterocycles. The molecular formula is C28H28N6O3. The van der Waals surface area contributed by atoms with Crippen LogP contribution in [0.5, 0.6) is 5.75 Å². The maximum atomic E-state index is 12.7. The summed E-state index contributed by atoms with van der Waals surface area (Å²) in [7, 11) is 1.57. The molecule has 2 amide bonds. The fourth-order valence-corrected chi connectivity index (χ4v) is 3.93. The van der Waals surface area contributed by atoms with Crippen LogP contribution in [0.3, 0.4) is 0 Å². The number of pyridine rings is 1. The van der Waals surface area contributed by atoms with Crippen LogP contribution in [0.1, 0.15) is 47.8 Å². The predicted octanol–water partition coefficient (Wildman–Crippen LogP) is 4.28. The first-order valence-electron chi connectivity index (χ1n) is 11.7. The number of aromatic nitrogens is 3. The van der Waals surface area contributed by atoms with Crippen molar-refractivity contribution < 1.29 is 14.3 Å². The van der Waals surface area contributed by atoms with E-state index in [1.165, 1.54) is 10.9 Å². The number of carbonyl (C=O) groups excluding carboxylic acids is 2. The third-order valence-corrected chi connectivity index (χ3v) is 6.00. The summed E-state index contributed by atoms with van der Waals surface area (Å²) in [5.74, 6) is 0.294. The van der Waals surface area contributed by atoms with Crippen LogP contribution in [-0.2, 0) is 10.2 Å². The number of nitrogens with zero attached hydrogens (tertiary/aromatic N) is 4. The number of nitriles is 1. The number of anilines is 1. The first-order chi connectivity index (χ1) is 17.6. The highest BCUT2D eigenvalue weighted by atomic mass is 16.5. The Morgan fingerprint density at radius 3 is 2.51 bits per heavy atom. The van der Waals surface area contributed by atoms with Gasteiger partial charge in [-0.1, -0.05) is 45.0 Å². The van der Waals surface area contributed by atoms with Gasteiger partial charge in [0.2, 0.25) is 5.91 Å². The normalized spacial score (nSPS) is 11.1. The van der Waals surface area contributed by atoms with E-state index >= 15 is 0 Å². The Balaban J connectivity index is 1.54. The molecule has 0 unspecified atom stereocenters. The molecule has 0 saturated carbocycles. The average molecular weight is 497 g/mol. The molecule has 37 heavy (non-hydrogen) atoms. The molecule has 2 aromatic heterocycles. The number of ether oxygens (including phenoxy) is 1. The number of hydrogen-bond acceptors (Lipinski definition) is 6. The van der Waals surface area contributed by atoms with Gasteiger partial charge >= 0.3 is 0 Å². The molecule has 0 spiro atoms. The van der Waals surface area contributed by atoms with Crippen LogP contribution in [0.2, 0.25) is 0 Å². The van der Waals surface area contributed by atoms with E-state index in [-0.39, 0.29) is 29.2 Å². The van der Waals surface area contributed by atoms with Gasteiger partial charge in [-0.05, 0) is 47.7 Å². The van der Waals surface area contributed by atoms with Crippen molar-refractivity contribution in [3.63, 3.8) is 0 Å². The number of nitrogens with one attached hydrogen (secondary N) is 2. The molecule has 0 bridgehead atoms. The lowest BCUT2D eigenvalue weighted by molar-refractivity contribution is -0.115. The highest BCUT2D eigenvalue weighted by Gasteiger charge is 2.19. The first-order valence-corrected chi connectivity index (χ1v) is 11.7. The van der Waals surface area contributed by atoms with Gasteiger partial charge in [-0.15, -0.1) is 0 Å². The highest BCUT2D eigenvalue weighted by Crippen LogP contribution is 2.29. The molecule has 0 aliphatic heterocycles. The van der Waals surface area contributed by atoms with Crippen molar-refractivity contribution in [1.82, 2.24) is 20.1 Å². The fraction of sp³-hybridized carbons (Fsp3) is 0.250. The topological polar surface area (TPSA) is 122 Å². The van der Waals surface area contributed by atoms with Crippen molar-refractivity contribution in [3.8, 4) is 17.6 Å². The van der Waals surface area contributed by atoms with Crippen LogP contribution >= 0.6 is 0 Å². The summed E-state index contributed by atoms with van der Waals surface area (Å²) in [6, 6.07) is 16.8. The standard InChI is InChI=1S/C28H28N6O3/c1-17-13-23(32-25-21(17)7-6-8-22(25)37-5)34-26(19(14-29)15-31-34)33-24(35)16-30-27(36)18-9-11-20(12-10-18)28(2,3)4/h6-13,15H,16H2,1-5H3,(H,30,36)(H,33,35). The molecule has 188 valence electrons. The summed E-state index contributed by atoms with van der Waals surface area (Å²) in [4.78, 5) is 30.0. The zero-order valence-electron chi connectivity index (χ0n) is 21.4. The smallest absolute Gasteiger partial charge is 0.251 e. The lowest BCUT2D eigenvalue weighted by Crippen LogP contribution is -2.33. The molecule has 4 aromatic rings. The van der Waals surface area contributed by atoms with Gasteiger partial charge in [-0.2, -0.15) is 15.0 Å². The molecule has 0 aliphatic carbocycles. The number of hydrogen-bond donors (Lipinski definition) is 2. The van der Waals surface area contributed by atoms with E-state index in [2.05, 4.69) is 41.5 Å². The number of aryl methyl sites for hydroxylation is 1. The second-order valence-electron chi connectivity index (χ2n) is 9.64. The van der Waals surface area contributed by atoms with E-state index in [1.807, 2.05) is 49.4 Å². The quantitative estimate of drug-likeness (QED) is 0.411. The maximum absolute atomic E-state index is 12.7. The Morgan fingerprint density at radius 1 is 1.14 bits per heavy atom. The largest absolute Gasteiger partial charge is 0.494 e. The van der Waals surface area contributed by atoms with E-state index in [9.17, 15) is 14.9 Å². The van der Waals surface area contributed by atoms with E-state index in [0.29, 0.717) is 22.6 Å². The molecule has 9 nitrogen and oxygen atoms in total. The minimum atomic E-state index is -0.506. The van der Waals surface area contributed by atoms with Gasteiger partial charge in [-0.25, -0.2) is 4.98 Å². The molecule has 2 aromatic carbocycles. The summed E-state index contributed by atoms with van der Waals surface area (Å²) >= 11 is 0. The van der Waals surface area contributed by atoms with Crippen LogP contribution < -0.4 is 15.4 Å². The number of benzene rings is 2. The summed E-state index contributed by atoms with van der Waals surface area (Å²) < 4.78 is 6.85. The highest BCUT2D eigenvalue weighted by molar-refractivity contribution is 5.99. The van der Waals surface area contributed by atoms with Gasteiger partial charge < -0.3 is 15.4 Å². The summed E-state index contributed by atoms with van der Waals surface area (Å²) in [6.07, 6.45) is 1.36. The van der Waals surface area contributed by atoms with Crippen LogP contribution in [0.25, 0.3) is 16.7 Å². The summed E-state index contributed by atoms with van der Waals surface area (Å²) in [5.41, 5.74) is 3.26. The van der Waals surface area contributed by atoms with Crippen molar-refractivity contribution in [2.45, 2.75) is 33.1 Å². The molecule has 0 aliphatic rings. The van der Waals surface area contributed by atoms with Crippen molar-refractivity contribution >= 4 is 28.5 Å². The number of para-hydroxylation sites is 1. The minimum Gasteiger partial charge on any atom is -0.494 e. The Bertz CT molecular complexity index is 1520. The second kappa shape index (κ2) is 10.1. The Labute approximate surface area is 215 Å². The molecule has 4 rings (SSSR count). The maximum Gasteiger partial charge on any atom is 0.251 e. The minimum absolute atomic E-state index is 0.0279. The van der Waals surface area contributed by atoms with Crippen molar-refractivity contribution in [2.75, 3.05) is 19.0 Å². The molecule has 0 atom stereocenters. The molecule has 9 heteroatoms. The van der Waals surface area contributed by atoms with Crippen molar-refractivity contribution in [3.05, 3.63) is 77.0 Å². The fourth-order valence-electron chi connectivity index (χ4n) is 3.93. The summed E-state index contributed by atoms with van der Waals surface area (Å²) in [5, 5.41) is 20.1. The Kier molecular flexibility index (Phi) is 6.94. The first kappa shape index (κ1) is 25.4. The molecule has 0 radical (unpaired) electrons. The third-order valence-electron chi connectivity index (χ3n) is 6.00. The predicted molar refractivity (Wildman–Crippen MR) is 141 cm³/mol. The van der Waals surface area contributed by atoms with Gasteiger partial charge in [0.25, 0.3) is 5.91 Å². The van der Waals surface area contributed by atoms with Gasteiger partial charge in [-0.3, -0.25) is 9.59 Å². The number of fused-ring (bicyclic) bond motifs is 1. The van der Waals surface area contributed by atoms with Crippen LogP contribution in [0.4, 0.5) is 5.82 Å². The van der Waals surface area contributed by atoms with Crippen molar-refractivity contribution in [1.29, 1.82) is 5.26 Å². The average Bonchev–Trinajstić information content (AvgIpc) is 3.28. The summed E-state index contributed by atoms with van der Waals surface area (Å²) in [6.45, 7) is 7.94. The SMILES string of the molecule is COc1cccc2c(C)cc(-n3ncc(C#N)c3NC(=O)CNC(=O)c3ccc(C(C)(C)C)cc3)nc12. The van der Waals surface area contributed by atoms with Crippen molar-refractivity contribution in [2.24, 2.45) is 0 Å². The molecule has 2 N–H and O–H groups in total.